The summed E-state index contributed by atoms with van der Waals surface area (Å²) in [6, 6.07) is 11.8. The van der Waals surface area contributed by atoms with Gasteiger partial charge < -0.3 is 15.0 Å². The van der Waals surface area contributed by atoms with E-state index in [1.807, 2.05) is 24.3 Å². The molecule has 0 aromatic heterocycles. The van der Waals surface area contributed by atoms with Crippen molar-refractivity contribution in [3.8, 4) is 0 Å². The Bertz CT molecular complexity index is 779. The summed E-state index contributed by atoms with van der Waals surface area (Å²) in [6.45, 7) is 1.52. The fourth-order valence-electron chi connectivity index (χ4n) is 2.36. The number of nitro groups is 1. The number of nitrogens with zero attached hydrogens (tertiary/aromatic N) is 2. The molecular formula is C16H14ClN3O4. The van der Waals surface area contributed by atoms with Crippen molar-refractivity contribution in [1.29, 1.82) is 0 Å². The minimum absolute atomic E-state index is 0.0570. The van der Waals surface area contributed by atoms with Gasteiger partial charge in [0.15, 0.2) is 0 Å². The number of hydrogen-bond donors (Lipinski definition) is 1. The molecule has 1 aliphatic heterocycles. The van der Waals surface area contributed by atoms with Crippen LogP contribution in [0.3, 0.4) is 0 Å². The van der Waals surface area contributed by atoms with Crippen molar-refractivity contribution in [1.82, 2.24) is 4.90 Å². The van der Waals surface area contributed by atoms with Gasteiger partial charge in [0.25, 0.3) is 5.69 Å². The first-order valence-corrected chi connectivity index (χ1v) is 7.62. The number of halogens is 1. The summed E-state index contributed by atoms with van der Waals surface area (Å²) in [7, 11) is 0. The first-order chi connectivity index (χ1) is 11.5. The molecular weight excluding hydrogens is 334 g/mol. The molecule has 24 heavy (non-hydrogen) atoms. The number of nitrogens with one attached hydrogen (secondary N) is 1. The van der Waals surface area contributed by atoms with E-state index < -0.39 is 4.92 Å². The number of benzene rings is 2. The van der Waals surface area contributed by atoms with Gasteiger partial charge in [0, 0.05) is 24.4 Å². The van der Waals surface area contributed by atoms with Crippen LogP contribution in [-0.2, 0) is 11.3 Å². The van der Waals surface area contributed by atoms with Gasteiger partial charge in [-0.25, -0.2) is 4.79 Å². The van der Waals surface area contributed by atoms with Crippen LogP contribution in [0.1, 0.15) is 5.56 Å². The Balaban J connectivity index is 1.68. The predicted molar refractivity (Wildman–Crippen MR) is 89.6 cm³/mol. The average Bonchev–Trinajstić information content (AvgIpc) is 2.96. The van der Waals surface area contributed by atoms with E-state index in [-0.39, 0.29) is 16.8 Å². The smallest absolute Gasteiger partial charge is 0.410 e. The van der Waals surface area contributed by atoms with Crippen molar-refractivity contribution in [3.63, 3.8) is 0 Å². The maximum atomic E-state index is 11.4. The van der Waals surface area contributed by atoms with Gasteiger partial charge in [-0.05, 0) is 23.8 Å². The van der Waals surface area contributed by atoms with Crippen molar-refractivity contribution < 1.29 is 14.5 Å². The van der Waals surface area contributed by atoms with E-state index >= 15 is 0 Å². The number of hydrogen-bond acceptors (Lipinski definition) is 5. The summed E-state index contributed by atoms with van der Waals surface area (Å²) in [5.41, 5.74) is 2.30. The zero-order chi connectivity index (χ0) is 17.1. The van der Waals surface area contributed by atoms with Gasteiger partial charge in [-0.1, -0.05) is 23.7 Å². The topological polar surface area (TPSA) is 84.7 Å². The van der Waals surface area contributed by atoms with Crippen molar-refractivity contribution in [2.24, 2.45) is 0 Å². The minimum atomic E-state index is -0.492. The molecule has 8 heteroatoms. The Kier molecular flexibility index (Phi) is 4.52. The van der Waals surface area contributed by atoms with Gasteiger partial charge in [0.2, 0.25) is 0 Å². The number of anilines is 2. The largest absolute Gasteiger partial charge is 0.448 e. The van der Waals surface area contributed by atoms with Crippen LogP contribution in [0.25, 0.3) is 0 Å². The Hall–Kier alpha value is -2.80. The summed E-state index contributed by atoms with van der Waals surface area (Å²) in [6.07, 6.45) is -0.296. The van der Waals surface area contributed by atoms with Gasteiger partial charge in [0.05, 0.1) is 22.2 Å². The highest BCUT2D eigenvalue weighted by Crippen LogP contribution is 2.29. The van der Waals surface area contributed by atoms with Crippen LogP contribution in [0.2, 0.25) is 5.02 Å². The lowest BCUT2D eigenvalue weighted by Crippen LogP contribution is -2.23. The molecule has 1 saturated heterocycles. The van der Waals surface area contributed by atoms with Crippen molar-refractivity contribution >= 4 is 34.8 Å². The molecule has 2 aromatic rings. The lowest BCUT2D eigenvalue weighted by atomic mass is 10.2. The number of nitro benzene ring substituents is 1. The maximum absolute atomic E-state index is 11.4. The normalized spacial score (nSPS) is 13.7. The Labute approximate surface area is 142 Å². The molecule has 2 aromatic carbocycles. The van der Waals surface area contributed by atoms with Crippen LogP contribution in [0.15, 0.2) is 42.5 Å². The molecule has 7 nitrogen and oxygen atoms in total. The third-order valence-corrected chi connectivity index (χ3v) is 3.93. The van der Waals surface area contributed by atoms with E-state index in [2.05, 4.69) is 5.32 Å². The molecule has 1 amide bonds. The first-order valence-electron chi connectivity index (χ1n) is 7.24. The standard InChI is InChI=1S/C16H14ClN3O4/c17-14-9-13(20(22)23)5-6-15(14)18-12-3-1-11(2-4-12)10-19-7-8-24-16(19)21/h1-6,9,18H,7-8,10H2. The number of amides is 1. The lowest BCUT2D eigenvalue weighted by molar-refractivity contribution is -0.384. The van der Waals surface area contributed by atoms with Crippen LogP contribution < -0.4 is 5.32 Å². The highest BCUT2D eigenvalue weighted by molar-refractivity contribution is 6.33. The zero-order valence-corrected chi connectivity index (χ0v) is 13.3. The first kappa shape index (κ1) is 16.1. The van der Waals surface area contributed by atoms with Gasteiger partial charge in [-0.15, -0.1) is 0 Å². The second-order valence-corrected chi connectivity index (χ2v) is 5.69. The molecule has 0 unspecified atom stereocenters. The third-order valence-electron chi connectivity index (χ3n) is 3.61. The maximum Gasteiger partial charge on any atom is 0.410 e. The Morgan fingerprint density at radius 1 is 1.25 bits per heavy atom. The number of carbonyl (C=O) groups is 1. The van der Waals surface area contributed by atoms with Crippen molar-refractivity contribution in [2.45, 2.75) is 6.54 Å². The van der Waals surface area contributed by atoms with Crippen molar-refractivity contribution in [3.05, 3.63) is 63.2 Å². The second kappa shape index (κ2) is 6.76. The highest BCUT2D eigenvalue weighted by atomic mass is 35.5. The quantitative estimate of drug-likeness (QED) is 0.654. The van der Waals surface area contributed by atoms with Crippen LogP contribution in [0.4, 0.5) is 21.9 Å². The molecule has 1 fully saturated rings. The second-order valence-electron chi connectivity index (χ2n) is 5.28. The molecule has 0 spiro atoms. The average molecular weight is 348 g/mol. The summed E-state index contributed by atoms with van der Waals surface area (Å²) in [5, 5.41) is 14.1. The fourth-order valence-corrected chi connectivity index (χ4v) is 2.58. The molecule has 1 aliphatic rings. The Morgan fingerprint density at radius 2 is 2.00 bits per heavy atom. The molecule has 0 saturated carbocycles. The molecule has 0 radical (unpaired) electrons. The fraction of sp³-hybridized carbons (Fsp3) is 0.188. The molecule has 124 valence electrons. The number of non-ortho nitro benzene ring substituents is 1. The molecule has 0 aliphatic carbocycles. The van der Waals surface area contributed by atoms with Gasteiger partial charge in [-0.2, -0.15) is 0 Å². The molecule has 3 rings (SSSR count). The van der Waals surface area contributed by atoms with Gasteiger partial charge >= 0.3 is 6.09 Å². The summed E-state index contributed by atoms with van der Waals surface area (Å²) < 4.78 is 4.89. The third kappa shape index (κ3) is 3.57. The summed E-state index contributed by atoms with van der Waals surface area (Å²) in [5.74, 6) is 0. The van der Waals surface area contributed by atoms with E-state index in [0.717, 1.165) is 11.3 Å². The number of carbonyl (C=O) groups excluding carboxylic acids is 1. The van der Waals surface area contributed by atoms with E-state index in [1.54, 1.807) is 11.0 Å². The summed E-state index contributed by atoms with van der Waals surface area (Å²) >= 11 is 6.06. The molecule has 1 N–H and O–H groups in total. The van der Waals surface area contributed by atoms with Crippen LogP contribution >= 0.6 is 11.6 Å². The Morgan fingerprint density at radius 3 is 2.58 bits per heavy atom. The van der Waals surface area contributed by atoms with E-state index in [9.17, 15) is 14.9 Å². The number of cyclic esters (lactones) is 1. The van der Waals surface area contributed by atoms with E-state index in [4.69, 9.17) is 16.3 Å². The van der Waals surface area contributed by atoms with Gasteiger partial charge in [-0.3, -0.25) is 10.1 Å². The number of ether oxygens (including phenoxy) is 1. The minimum Gasteiger partial charge on any atom is -0.448 e. The SMILES string of the molecule is O=C1OCCN1Cc1ccc(Nc2ccc([N+](=O)[O-])cc2Cl)cc1. The zero-order valence-electron chi connectivity index (χ0n) is 12.6. The summed E-state index contributed by atoms with van der Waals surface area (Å²) in [4.78, 5) is 23.3. The molecule has 1 heterocycles. The predicted octanol–water partition coefficient (Wildman–Crippen LogP) is 3.94. The van der Waals surface area contributed by atoms with Crippen LogP contribution in [0, 0.1) is 10.1 Å². The lowest BCUT2D eigenvalue weighted by Gasteiger charge is -2.13. The monoisotopic (exact) mass is 347 g/mol. The number of rotatable bonds is 5. The molecule has 0 atom stereocenters. The van der Waals surface area contributed by atoms with Crippen molar-refractivity contribution in [2.75, 3.05) is 18.5 Å². The van der Waals surface area contributed by atoms with Crippen LogP contribution in [0.5, 0.6) is 0 Å². The van der Waals surface area contributed by atoms with Gasteiger partial charge in [0.1, 0.15) is 6.61 Å². The van der Waals surface area contributed by atoms with E-state index in [0.29, 0.717) is 25.4 Å². The highest BCUT2D eigenvalue weighted by Gasteiger charge is 2.21. The molecule has 0 bridgehead atoms. The van der Waals surface area contributed by atoms with E-state index in [1.165, 1.54) is 12.1 Å². The van der Waals surface area contributed by atoms with Crippen LogP contribution in [-0.4, -0.2) is 29.1 Å².